The van der Waals surface area contributed by atoms with Crippen LogP contribution in [0.1, 0.15) is 67.2 Å². The van der Waals surface area contributed by atoms with Gasteiger partial charge in [-0.3, -0.25) is 9.78 Å². The number of nitrogens with one attached hydrogen (secondary N) is 1. The zero-order chi connectivity index (χ0) is 21.8. The number of rotatable bonds is 6. The van der Waals surface area contributed by atoms with Gasteiger partial charge in [-0.15, -0.1) is 0 Å². The average molecular weight is 420 g/mol. The van der Waals surface area contributed by atoms with Crippen LogP contribution in [0.25, 0.3) is 5.57 Å². The molecule has 2 aliphatic heterocycles. The van der Waals surface area contributed by atoms with Gasteiger partial charge in [-0.1, -0.05) is 31.5 Å². The molecule has 1 saturated heterocycles. The van der Waals surface area contributed by atoms with Crippen LogP contribution in [0, 0.1) is 0 Å². The summed E-state index contributed by atoms with van der Waals surface area (Å²) in [5, 5.41) is 3.44. The number of fused-ring (bicyclic) bond motifs is 1. The molecule has 0 aliphatic carbocycles. The fourth-order valence-corrected chi connectivity index (χ4v) is 4.71. The predicted octanol–water partition coefficient (Wildman–Crippen LogP) is 4.46. The Kier molecular flexibility index (Phi) is 6.42. The Morgan fingerprint density at radius 1 is 1.13 bits per heavy atom. The summed E-state index contributed by atoms with van der Waals surface area (Å²) in [4.78, 5) is 19.1. The largest absolute Gasteiger partial charge is 0.482 e. The Bertz CT molecular complexity index is 955. The molecule has 1 amide bonds. The van der Waals surface area contributed by atoms with E-state index in [1.807, 2.05) is 32.2 Å². The number of nitrogens with zero attached hydrogens (tertiary/aromatic N) is 2. The Morgan fingerprint density at radius 2 is 1.90 bits per heavy atom. The second-order valence-electron chi connectivity index (χ2n) is 8.42. The van der Waals surface area contributed by atoms with Crippen molar-refractivity contribution in [2.75, 3.05) is 26.2 Å². The van der Waals surface area contributed by atoms with E-state index in [0.29, 0.717) is 18.8 Å². The zero-order valence-electron chi connectivity index (χ0n) is 18.9. The molecule has 1 aromatic heterocycles. The molecule has 164 valence electrons. The van der Waals surface area contributed by atoms with Gasteiger partial charge in [0.1, 0.15) is 17.0 Å². The Hall–Kier alpha value is -2.66. The summed E-state index contributed by atoms with van der Waals surface area (Å²) in [6.45, 7) is 9.46. The lowest BCUT2D eigenvalue weighted by Gasteiger charge is -2.40. The van der Waals surface area contributed by atoms with Crippen molar-refractivity contribution in [2.45, 2.75) is 52.1 Å². The topological polar surface area (TPSA) is 54.5 Å². The molecule has 3 heterocycles. The normalized spacial score (nSPS) is 16.9. The minimum absolute atomic E-state index is 0.0144. The van der Waals surface area contributed by atoms with Gasteiger partial charge in [-0.25, -0.2) is 0 Å². The number of piperidine rings is 1. The van der Waals surface area contributed by atoms with Crippen LogP contribution < -0.4 is 10.1 Å². The molecule has 1 aromatic carbocycles. The van der Waals surface area contributed by atoms with Crippen LogP contribution in [0.4, 0.5) is 0 Å². The molecule has 5 heteroatoms. The number of hydrogen-bond donors (Lipinski definition) is 1. The first kappa shape index (κ1) is 21.6. The van der Waals surface area contributed by atoms with Gasteiger partial charge in [0, 0.05) is 43.3 Å². The third-order valence-electron chi connectivity index (χ3n) is 6.42. The second-order valence-corrected chi connectivity index (χ2v) is 8.42. The second kappa shape index (κ2) is 9.23. The van der Waals surface area contributed by atoms with Gasteiger partial charge < -0.3 is 15.0 Å². The Labute approximate surface area is 185 Å². The van der Waals surface area contributed by atoms with Crippen LogP contribution >= 0.6 is 0 Å². The van der Waals surface area contributed by atoms with E-state index in [1.54, 1.807) is 4.90 Å². The van der Waals surface area contributed by atoms with Crippen molar-refractivity contribution < 1.29 is 9.53 Å². The molecule has 1 spiro atoms. The number of pyridine rings is 1. The van der Waals surface area contributed by atoms with E-state index >= 15 is 0 Å². The van der Waals surface area contributed by atoms with Crippen LogP contribution in [-0.2, 0) is 6.42 Å². The number of hydrogen-bond acceptors (Lipinski definition) is 4. The van der Waals surface area contributed by atoms with Crippen LogP contribution in [0.2, 0.25) is 0 Å². The molecule has 4 rings (SSSR count). The monoisotopic (exact) mass is 419 g/mol. The molecule has 5 nitrogen and oxygen atoms in total. The van der Waals surface area contributed by atoms with Gasteiger partial charge in [0.15, 0.2) is 0 Å². The molecule has 1 fully saturated rings. The maximum atomic E-state index is 12.7. The quantitative estimate of drug-likeness (QED) is 0.751. The molecule has 0 bridgehead atoms. The van der Waals surface area contributed by atoms with E-state index in [2.05, 4.69) is 41.5 Å². The molecule has 1 N–H and O–H groups in total. The summed E-state index contributed by atoms with van der Waals surface area (Å²) in [5.41, 5.74) is 4.92. The van der Waals surface area contributed by atoms with Gasteiger partial charge in [0.05, 0.1) is 0 Å². The Balaban J connectivity index is 1.77. The number of aryl methyl sites for hydroxylation is 1. The summed E-state index contributed by atoms with van der Waals surface area (Å²) in [6.07, 6.45) is 8.14. The molecule has 0 saturated carbocycles. The lowest BCUT2D eigenvalue weighted by atomic mass is 9.82. The highest BCUT2D eigenvalue weighted by Crippen LogP contribution is 2.44. The fourth-order valence-electron chi connectivity index (χ4n) is 4.71. The lowest BCUT2D eigenvalue weighted by Crippen LogP contribution is -2.46. The molecular formula is C26H33N3O2. The van der Waals surface area contributed by atoms with Crippen molar-refractivity contribution in [1.29, 1.82) is 0 Å². The number of benzene rings is 1. The zero-order valence-corrected chi connectivity index (χ0v) is 18.9. The number of ether oxygens (including phenoxy) is 1. The van der Waals surface area contributed by atoms with Gasteiger partial charge >= 0.3 is 0 Å². The van der Waals surface area contributed by atoms with Crippen molar-refractivity contribution >= 4 is 11.5 Å². The van der Waals surface area contributed by atoms with Crippen LogP contribution in [-0.4, -0.2) is 47.6 Å². The van der Waals surface area contributed by atoms with E-state index in [1.165, 1.54) is 16.7 Å². The van der Waals surface area contributed by atoms with E-state index in [4.69, 9.17) is 4.74 Å². The number of carbonyl (C=O) groups excluding carboxylic acids is 1. The molecule has 0 atom stereocenters. The molecule has 0 unspecified atom stereocenters. The highest BCUT2D eigenvalue weighted by molar-refractivity contribution is 5.93. The molecule has 31 heavy (non-hydrogen) atoms. The fraction of sp³-hybridized carbons (Fsp3) is 0.462. The van der Waals surface area contributed by atoms with Crippen molar-refractivity contribution in [3.05, 3.63) is 65.0 Å². The number of amides is 1. The van der Waals surface area contributed by atoms with Gasteiger partial charge in [0.2, 0.25) is 0 Å². The van der Waals surface area contributed by atoms with Gasteiger partial charge in [0.25, 0.3) is 5.91 Å². The summed E-state index contributed by atoms with van der Waals surface area (Å²) in [5.74, 6) is 0.952. The average Bonchev–Trinajstić information content (AvgIpc) is 2.80. The van der Waals surface area contributed by atoms with Crippen molar-refractivity contribution in [3.63, 3.8) is 0 Å². The highest BCUT2D eigenvalue weighted by Gasteiger charge is 2.37. The first-order chi connectivity index (χ1) is 15.1. The van der Waals surface area contributed by atoms with Gasteiger partial charge in [-0.05, 0) is 62.7 Å². The van der Waals surface area contributed by atoms with Crippen molar-refractivity contribution in [2.24, 2.45) is 0 Å². The summed E-state index contributed by atoms with van der Waals surface area (Å²) < 4.78 is 6.62. The minimum Gasteiger partial charge on any atom is -0.482 e. The van der Waals surface area contributed by atoms with Crippen molar-refractivity contribution in [1.82, 2.24) is 15.2 Å². The predicted molar refractivity (Wildman–Crippen MR) is 124 cm³/mol. The molecule has 2 aliphatic rings. The van der Waals surface area contributed by atoms with E-state index in [9.17, 15) is 4.79 Å². The molecule has 2 aromatic rings. The molecular weight excluding hydrogens is 386 g/mol. The molecule has 0 radical (unpaired) electrons. The summed E-state index contributed by atoms with van der Waals surface area (Å²) in [6, 6.07) is 10.3. The van der Waals surface area contributed by atoms with Gasteiger partial charge in [-0.2, -0.15) is 0 Å². The maximum absolute atomic E-state index is 12.7. The minimum atomic E-state index is -0.284. The maximum Gasteiger partial charge on any atom is 0.272 e. The first-order valence-electron chi connectivity index (χ1n) is 11.6. The van der Waals surface area contributed by atoms with Crippen LogP contribution in [0.5, 0.6) is 5.75 Å². The van der Waals surface area contributed by atoms with Crippen LogP contribution in [0.15, 0.2) is 42.6 Å². The third-order valence-corrected chi connectivity index (χ3v) is 6.42. The third kappa shape index (κ3) is 4.24. The van der Waals surface area contributed by atoms with Crippen LogP contribution in [0.3, 0.4) is 0 Å². The highest BCUT2D eigenvalue weighted by atomic mass is 16.5. The van der Waals surface area contributed by atoms with E-state index in [-0.39, 0.29) is 11.5 Å². The smallest absolute Gasteiger partial charge is 0.272 e. The summed E-state index contributed by atoms with van der Waals surface area (Å²) in [7, 11) is 0. The number of carbonyl (C=O) groups is 1. The van der Waals surface area contributed by atoms with Crippen molar-refractivity contribution in [3.8, 4) is 5.75 Å². The lowest BCUT2D eigenvalue weighted by molar-refractivity contribution is 0.0766. The van der Waals surface area contributed by atoms with E-state index in [0.717, 1.165) is 50.1 Å². The number of aromatic nitrogens is 1. The first-order valence-corrected chi connectivity index (χ1v) is 11.6. The van der Waals surface area contributed by atoms with E-state index < -0.39 is 0 Å². The Morgan fingerprint density at radius 3 is 2.55 bits per heavy atom. The standard InChI is InChI=1S/C26H33N3O2/c1-4-8-19-9-7-10-23-24(19)21(17-26(31-23)13-15-27-16-14-26)20-11-12-22(28-18-20)25(30)29(5-2)6-3/h7,9-12,17-18,27H,4-6,8,13-16H2,1-3H3. The summed E-state index contributed by atoms with van der Waals surface area (Å²) >= 11 is 0. The SMILES string of the molecule is CCCc1cccc2c1C(c1ccc(C(=O)N(CC)CC)nc1)=CC1(CCNCC1)O2.